The highest BCUT2D eigenvalue weighted by Crippen LogP contribution is 2.21. The molecule has 0 saturated heterocycles. The van der Waals surface area contributed by atoms with Crippen molar-refractivity contribution in [1.29, 1.82) is 0 Å². The van der Waals surface area contributed by atoms with Gasteiger partial charge >= 0.3 is 0 Å². The molecule has 0 saturated carbocycles. The van der Waals surface area contributed by atoms with Crippen LogP contribution < -0.4 is 4.74 Å². The molecule has 0 aliphatic carbocycles. The van der Waals surface area contributed by atoms with E-state index < -0.39 is 28.8 Å². The van der Waals surface area contributed by atoms with Gasteiger partial charge in [-0.25, -0.2) is 13.2 Å². The van der Waals surface area contributed by atoms with Crippen LogP contribution in [0.3, 0.4) is 0 Å². The summed E-state index contributed by atoms with van der Waals surface area (Å²) in [7, 11) is 1.45. The van der Waals surface area contributed by atoms with E-state index >= 15 is 0 Å². The summed E-state index contributed by atoms with van der Waals surface area (Å²) in [5.74, 6) is -3.83. The fourth-order valence-electron chi connectivity index (χ4n) is 1.85. The van der Waals surface area contributed by atoms with E-state index in [1.807, 2.05) is 0 Å². The lowest BCUT2D eigenvalue weighted by Crippen LogP contribution is -2.08. The molecule has 2 aromatic rings. The van der Waals surface area contributed by atoms with Crippen molar-refractivity contribution < 1.29 is 22.7 Å². The van der Waals surface area contributed by atoms with E-state index in [1.165, 1.54) is 7.11 Å². The number of carbonyl (C=O) groups is 1. The average molecular weight is 280 g/mol. The number of ether oxygens (including phenoxy) is 1. The van der Waals surface area contributed by atoms with E-state index in [1.54, 1.807) is 24.3 Å². The molecular formula is C15H11F3O2. The van der Waals surface area contributed by atoms with Crippen LogP contribution in [-0.4, -0.2) is 12.9 Å². The number of halogens is 3. The van der Waals surface area contributed by atoms with Crippen LogP contribution in [0.25, 0.3) is 0 Å². The minimum Gasteiger partial charge on any atom is -0.496 e. The topological polar surface area (TPSA) is 26.3 Å². The molecule has 0 aliphatic heterocycles. The van der Waals surface area contributed by atoms with E-state index in [-0.39, 0.29) is 6.42 Å². The Balaban J connectivity index is 2.31. The summed E-state index contributed by atoms with van der Waals surface area (Å²) in [6, 6.07) is 7.67. The fourth-order valence-corrected chi connectivity index (χ4v) is 1.85. The zero-order valence-corrected chi connectivity index (χ0v) is 10.6. The minimum absolute atomic E-state index is 0.161. The summed E-state index contributed by atoms with van der Waals surface area (Å²) >= 11 is 0. The second kappa shape index (κ2) is 5.77. The quantitative estimate of drug-likeness (QED) is 0.632. The number of methoxy groups -OCH3 is 1. The Morgan fingerprint density at radius 2 is 1.70 bits per heavy atom. The van der Waals surface area contributed by atoms with Crippen LogP contribution in [0, 0.1) is 17.5 Å². The van der Waals surface area contributed by atoms with Gasteiger partial charge in [0.25, 0.3) is 0 Å². The molecule has 0 aromatic heterocycles. The van der Waals surface area contributed by atoms with Gasteiger partial charge in [0.05, 0.1) is 12.7 Å². The number of para-hydroxylation sites is 1. The predicted octanol–water partition coefficient (Wildman–Crippen LogP) is 3.54. The van der Waals surface area contributed by atoms with Gasteiger partial charge in [-0.05, 0) is 12.1 Å². The van der Waals surface area contributed by atoms with Gasteiger partial charge in [0.1, 0.15) is 11.6 Å². The molecule has 0 N–H and O–H groups in total. The zero-order valence-electron chi connectivity index (χ0n) is 10.6. The van der Waals surface area contributed by atoms with Gasteiger partial charge < -0.3 is 4.74 Å². The van der Waals surface area contributed by atoms with Crippen molar-refractivity contribution in [2.75, 3.05) is 7.11 Å². The summed E-state index contributed by atoms with van der Waals surface area (Å²) in [4.78, 5) is 12.0. The zero-order chi connectivity index (χ0) is 14.7. The maximum Gasteiger partial charge on any atom is 0.170 e. The summed E-state index contributed by atoms with van der Waals surface area (Å²) in [5, 5.41) is 0. The SMILES string of the molecule is COc1ccccc1CC(=O)c1cc(F)c(F)cc1F. The first-order valence-corrected chi connectivity index (χ1v) is 5.82. The molecule has 0 fully saturated rings. The minimum atomic E-state index is -1.32. The molecule has 0 heterocycles. The Morgan fingerprint density at radius 3 is 2.40 bits per heavy atom. The van der Waals surface area contributed by atoms with Crippen molar-refractivity contribution in [3.8, 4) is 5.75 Å². The second-order valence-electron chi connectivity index (χ2n) is 4.16. The van der Waals surface area contributed by atoms with Crippen LogP contribution in [0.2, 0.25) is 0 Å². The molecule has 2 aromatic carbocycles. The van der Waals surface area contributed by atoms with Crippen LogP contribution in [-0.2, 0) is 6.42 Å². The molecule has 0 radical (unpaired) electrons. The first kappa shape index (κ1) is 14.1. The van der Waals surface area contributed by atoms with Crippen LogP contribution in [0.15, 0.2) is 36.4 Å². The van der Waals surface area contributed by atoms with E-state index in [0.29, 0.717) is 23.4 Å². The van der Waals surface area contributed by atoms with Crippen LogP contribution in [0.4, 0.5) is 13.2 Å². The summed E-state index contributed by atoms with van der Waals surface area (Å²) in [5.41, 5.74) is 0.0685. The van der Waals surface area contributed by atoms with E-state index in [4.69, 9.17) is 4.74 Å². The molecule has 0 bridgehead atoms. The molecule has 0 amide bonds. The van der Waals surface area contributed by atoms with Crippen molar-refractivity contribution in [1.82, 2.24) is 0 Å². The van der Waals surface area contributed by atoms with Gasteiger partial charge in [-0.15, -0.1) is 0 Å². The maximum absolute atomic E-state index is 13.5. The largest absolute Gasteiger partial charge is 0.496 e. The highest BCUT2D eigenvalue weighted by Gasteiger charge is 2.17. The van der Waals surface area contributed by atoms with Gasteiger partial charge in [-0.3, -0.25) is 4.79 Å². The summed E-state index contributed by atoms with van der Waals surface area (Å²) in [6.07, 6.45) is -0.161. The number of carbonyl (C=O) groups excluding carboxylic acids is 1. The molecule has 5 heteroatoms. The van der Waals surface area contributed by atoms with Crippen LogP contribution >= 0.6 is 0 Å². The van der Waals surface area contributed by atoms with Crippen LogP contribution in [0.1, 0.15) is 15.9 Å². The molecule has 0 unspecified atom stereocenters. The third-order valence-corrected chi connectivity index (χ3v) is 2.85. The maximum atomic E-state index is 13.5. The highest BCUT2D eigenvalue weighted by molar-refractivity contribution is 5.98. The number of rotatable bonds is 4. The average Bonchev–Trinajstić information content (AvgIpc) is 2.43. The molecule has 0 aliphatic rings. The number of hydrogen-bond acceptors (Lipinski definition) is 2. The molecule has 0 atom stereocenters. The van der Waals surface area contributed by atoms with Crippen molar-refractivity contribution in [2.24, 2.45) is 0 Å². The predicted molar refractivity (Wildman–Crippen MR) is 67.3 cm³/mol. The Morgan fingerprint density at radius 1 is 1.05 bits per heavy atom. The lowest BCUT2D eigenvalue weighted by atomic mass is 10.0. The standard InChI is InChI=1S/C15H11F3O2/c1-20-15-5-3-2-4-9(15)6-14(19)10-7-12(17)13(18)8-11(10)16/h2-5,7-8H,6H2,1H3. The number of ketones is 1. The Hall–Kier alpha value is -2.30. The number of Topliss-reactive ketones (excluding diaryl/α,β-unsaturated/α-hetero) is 1. The van der Waals surface area contributed by atoms with Crippen molar-refractivity contribution in [3.63, 3.8) is 0 Å². The first-order chi connectivity index (χ1) is 9.52. The summed E-state index contributed by atoms with van der Waals surface area (Å²) in [6.45, 7) is 0. The molecule has 0 spiro atoms. The summed E-state index contributed by atoms with van der Waals surface area (Å²) < 4.78 is 44.5. The van der Waals surface area contributed by atoms with E-state index in [0.717, 1.165) is 0 Å². The van der Waals surface area contributed by atoms with Gasteiger partial charge in [-0.2, -0.15) is 0 Å². The van der Waals surface area contributed by atoms with Gasteiger partial charge in [0.15, 0.2) is 17.4 Å². The highest BCUT2D eigenvalue weighted by atomic mass is 19.2. The van der Waals surface area contributed by atoms with Crippen LogP contribution in [0.5, 0.6) is 5.75 Å². The first-order valence-electron chi connectivity index (χ1n) is 5.82. The Bertz CT molecular complexity index is 654. The van der Waals surface area contributed by atoms with E-state index in [9.17, 15) is 18.0 Å². The monoisotopic (exact) mass is 280 g/mol. The number of benzene rings is 2. The fraction of sp³-hybridized carbons (Fsp3) is 0.133. The normalized spacial score (nSPS) is 10.4. The molecule has 2 rings (SSSR count). The van der Waals surface area contributed by atoms with Crippen molar-refractivity contribution in [2.45, 2.75) is 6.42 Å². The van der Waals surface area contributed by atoms with Gasteiger partial charge in [0.2, 0.25) is 0 Å². The lowest BCUT2D eigenvalue weighted by molar-refractivity contribution is 0.0987. The van der Waals surface area contributed by atoms with Crippen molar-refractivity contribution in [3.05, 3.63) is 65.0 Å². The smallest absolute Gasteiger partial charge is 0.170 e. The number of hydrogen-bond donors (Lipinski definition) is 0. The molecule has 20 heavy (non-hydrogen) atoms. The third kappa shape index (κ3) is 2.82. The molecule has 104 valence electrons. The molecule has 2 nitrogen and oxygen atoms in total. The molecular weight excluding hydrogens is 269 g/mol. The lowest BCUT2D eigenvalue weighted by Gasteiger charge is -2.08. The third-order valence-electron chi connectivity index (χ3n) is 2.85. The van der Waals surface area contributed by atoms with Crippen molar-refractivity contribution >= 4 is 5.78 Å². The second-order valence-corrected chi connectivity index (χ2v) is 4.16. The Labute approximate surface area is 113 Å². The Kier molecular flexibility index (Phi) is 4.08. The van der Waals surface area contributed by atoms with E-state index in [2.05, 4.69) is 0 Å². The van der Waals surface area contributed by atoms with Gasteiger partial charge in [0, 0.05) is 18.1 Å². The van der Waals surface area contributed by atoms with Gasteiger partial charge in [-0.1, -0.05) is 18.2 Å².